The zero-order valence-electron chi connectivity index (χ0n) is 13.1. The number of likely N-dealkylation sites (tertiary alicyclic amines) is 1. The van der Waals surface area contributed by atoms with Crippen molar-refractivity contribution in [1.82, 2.24) is 9.88 Å². The molecule has 2 aliphatic rings. The number of aromatic nitrogens is 1. The second-order valence-electron chi connectivity index (χ2n) is 6.14. The van der Waals surface area contributed by atoms with Gasteiger partial charge in [0.05, 0.1) is 18.6 Å². The molecule has 0 bridgehead atoms. The Morgan fingerprint density at radius 2 is 2.08 bits per heavy atom. The Morgan fingerprint density at radius 1 is 1.25 bits per heavy atom. The fourth-order valence-corrected chi connectivity index (χ4v) is 3.83. The van der Waals surface area contributed by atoms with Crippen molar-refractivity contribution < 1.29 is 14.3 Å². The molecule has 0 saturated carbocycles. The number of thiazole rings is 1. The summed E-state index contributed by atoms with van der Waals surface area (Å²) < 4.78 is 5.89. The molecule has 2 aliphatic heterocycles. The third kappa shape index (κ3) is 2.70. The standard InChI is InChI=1S/C17H17N3O3S/c21-15-8-23-17(11-20(15)13-4-2-1-3-5-13)6-7-19(10-17)16(22)14-9-24-12-18-14/h1-5,9,12H,6-8,10-11H2. The van der Waals surface area contributed by atoms with E-state index in [0.29, 0.717) is 25.3 Å². The van der Waals surface area contributed by atoms with E-state index in [2.05, 4.69) is 4.98 Å². The van der Waals surface area contributed by atoms with Gasteiger partial charge in [0.1, 0.15) is 17.9 Å². The second-order valence-corrected chi connectivity index (χ2v) is 6.86. The maximum Gasteiger partial charge on any atom is 0.273 e. The maximum absolute atomic E-state index is 12.5. The number of morpholine rings is 1. The summed E-state index contributed by atoms with van der Waals surface area (Å²) in [6, 6.07) is 9.59. The summed E-state index contributed by atoms with van der Waals surface area (Å²) >= 11 is 1.41. The number of anilines is 1. The predicted molar refractivity (Wildman–Crippen MR) is 90.1 cm³/mol. The zero-order chi connectivity index (χ0) is 16.6. The van der Waals surface area contributed by atoms with Crippen LogP contribution in [0.4, 0.5) is 5.69 Å². The molecule has 1 atom stereocenters. The molecule has 2 saturated heterocycles. The van der Waals surface area contributed by atoms with Gasteiger partial charge in [0, 0.05) is 17.6 Å². The SMILES string of the molecule is O=C(c1cscn1)N1CCC2(C1)CN(c1ccccc1)C(=O)CO2. The van der Waals surface area contributed by atoms with Gasteiger partial charge in [-0.3, -0.25) is 9.59 Å². The monoisotopic (exact) mass is 343 g/mol. The normalized spacial score (nSPS) is 23.9. The number of benzene rings is 1. The summed E-state index contributed by atoms with van der Waals surface area (Å²) in [4.78, 5) is 32.4. The lowest BCUT2D eigenvalue weighted by Crippen LogP contribution is -2.56. The second kappa shape index (κ2) is 5.99. The van der Waals surface area contributed by atoms with Gasteiger partial charge in [0.15, 0.2) is 0 Å². The molecule has 1 aromatic carbocycles. The Balaban J connectivity index is 1.52. The highest BCUT2D eigenvalue weighted by molar-refractivity contribution is 7.07. The number of rotatable bonds is 2. The van der Waals surface area contributed by atoms with E-state index in [9.17, 15) is 9.59 Å². The maximum atomic E-state index is 12.5. The van der Waals surface area contributed by atoms with Gasteiger partial charge >= 0.3 is 0 Å². The number of nitrogens with zero attached hydrogens (tertiary/aromatic N) is 3. The van der Waals surface area contributed by atoms with Crippen LogP contribution in [0.2, 0.25) is 0 Å². The van der Waals surface area contributed by atoms with E-state index in [-0.39, 0.29) is 18.4 Å². The summed E-state index contributed by atoms with van der Waals surface area (Å²) in [6.07, 6.45) is 0.722. The number of para-hydroxylation sites is 1. The molecule has 24 heavy (non-hydrogen) atoms. The Morgan fingerprint density at radius 3 is 2.83 bits per heavy atom. The van der Waals surface area contributed by atoms with Crippen LogP contribution >= 0.6 is 11.3 Å². The van der Waals surface area contributed by atoms with Crippen LogP contribution in [0.1, 0.15) is 16.9 Å². The van der Waals surface area contributed by atoms with Gasteiger partial charge in [-0.1, -0.05) is 18.2 Å². The molecule has 0 radical (unpaired) electrons. The first kappa shape index (κ1) is 15.3. The van der Waals surface area contributed by atoms with Crippen LogP contribution in [0.25, 0.3) is 0 Å². The first-order chi connectivity index (χ1) is 11.7. The number of ether oxygens (including phenoxy) is 1. The molecule has 6 nitrogen and oxygen atoms in total. The summed E-state index contributed by atoms with van der Waals surface area (Å²) in [5.74, 6) is -0.115. The van der Waals surface area contributed by atoms with Crippen LogP contribution in [-0.2, 0) is 9.53 Å². The highest BCUT2D eigenvalue weighted by atomic mass is 32.1. The summed E-state index contributed by atoms with van der Waals surface area (Å²) in [5.41, 5.74) is 2.51. The molecule has 1 spiro atoms. The molecule has 1 unspecified atom stereocenters. The van der Waals surface area contributed by atoms with Gasteiger partial charge < -0.3 is 14.5 Å². The van der Waals surface area contributed by atoms with Crippen molar-refractivity contribution in [2.45, 2.75) is 12.0 Å². The number of hydrogen-bond acceptors (Lipinski definition) is 5. The zero-order valence-corrected chi connectivity index (χ0v) is 13.9. The minimum Gasteiger partial charge on any atom is -0.361 e. The van der Waals surface area contributed by atoms with Crippen molar-refractivity contribution in [3.8, 4) is 0 Å². The molecule has 2 aromatic rings. The molecule has 0 N–H and O–H groups in total. The van der Waals surface area contributed by atoms with E-state index in [0.717, 1.165) is 12.1 Å². The van der Waals surface area contributed by atoms with E-state index in [1.54, 1.807) is 20.7 Å². The average Bonchev–Trinajstić information content (AvgIpc) is 3.28. The Bertz CT molecular complexity index is 750. The third-order valence-corrected chi connectivity index (χ3v) is 5.16. The van der Waals surface area contributed by atoms with E-state index in [4.69, 9.17) is 4.74 Å². The van der Waals surface area contributed by atoms with Crippen LogP contribution in [0.5, 0.6) is 0 Å². The first-order valence-corrected chi connectivity index (χ1v) is 8.78. The van der Waals surface area contributed by atoms with Gasteiger partial charge in [0.25, 0.3) is 11.8 Å². The molecule has 7 heteroatoms. The predicted octanol–water partition coefficient (Wildman–Crippen LogP) is 1.79. The van der Waals surface area contributed by atoms with Gasteiger partial charge in [-0.25, -0.2) is 4.98 Å². The molecule has 3 heterocycles. The van der Waals surface area contributed by atoms with Gasteiger partial charge in [-0.05, 0) is 18.6 Å². The molecule has 4 rings (SSSR count). The largest absolute Gasteiger partial charge is 0.361 e. The smallest absolute Gasteiger partial charge is 0.273 e. The highest BCUT2D eigenvalue weighted by Gasteiger charge is 2.46. The lowest BCUT2D eigenvalue weighted by molar-refractivity contribution is -0.137. The number of carbonyl (C=O) groups excluding carboxylic acids is 2. The molecule has 2 amide bonds. The average molecular weight is 343 g/mol. The van der Waals surface area contributed by atoms with Crippen LogP contribution < -0.4 is 4.90 Å². The quantitative estimate of drug-likeness (QED) is 0.834. The molecule has 2 fully saturated rings. The molecular formula is C17H17N3O3S. The van der Waals surface area contributed by atoms with E-state index >= 15 is 0 Å². The van der Waals surface area contributed by atoms with Crippen molar-refractivity contribution >= 4 is 28.8 Å². The number of amides is 2. The molecule has 1 aromatic heterocycles. The molecule has 0 aliphatic carbocycles. The van der Waals surface area contributed by atoms with Crippen molar-refractivity contribution in [2.24, 2.45) is 0 Å². The Hall–Kier alpha value is -2.25. The number of hydrogen-bond donors (Lipinski definition) is 0. The molecular weight excluding hydrogens is 326 g/mol. The van der Waals surface area contributed by atoms with Crippen molar-refractivity contribution in [3.05, 3.63) is 46.9 Å². The summed E-state index contributed by atoms with van der Waals surface area (Å²) in [7, 11) is 0. The lowest BCUT2D eigenvalue weighted by atomic mass is 10.00. The minimum absolute atomic E-state index is 0.0453. The molecule has 124 valence electrons. The lowest BCUT2D eigenvalue weighted by Gasteiger charge is -2.40. The Kier molecular flexibility index (Phi) is 3.82. The Labute approximate surface area is 143 Å². The number of carbonyl (C=O) groups is 2. The van der Waals surface area contributed by atoms with Crippen molar-refractivity contribution in [3.63, 3.8) is 0 Å². The highest BCUT2D eigenvalue weighted by Crippen LogP contribution is 2.32. The topological polar surface area (TPSA) is 62.7 Å². The fourth-order valence-electron chi connectivity index (χ4n) is 3.30. The summed E-state index contributed by atoms with van der Waals surface area (Å²) in [6.45, 7) is 1.62. The van der Waals surface area contributed by atoms with Gasteiger partial charge in [0.2, 0.25) is 0 Å². The van der Waals surface area contributed by atoms with E-state index in [1.165, 1.54) is 11.3 Å². The minimum atomic E-state index is -0.491. The van der Waals surface area contributed by atoms with Crippen LogP contribution in [0.15, 0.2) is 41.2 Å². The summed E-state index contributed by atoms with van der Waals surface area (Å²) in [5, 5.41) is 1.76. The fraction of sp³-hybridized carbons (Fsp3) is 0.353. The van der Waals surface area contributed by atoms with E-state index < -0.39 is 5.60 Å². The van der Waals surface area contributed by atoms with Crippen molar-refractivity contribution in [2.75, 3.05) is 31.1 Å². The first-order valence-electron chi connectivity index (χ1n) is 7.84. The van der Waals surface area contributed by atoms with Gasteiger partial charge in [-0.2, -0.15) is 0 Å². The van der Waals surface area contributed by atoms with Crippen LogP contribution in [-0.4, -0.2) is 53.5 Å². The third-order valence-electron chi connectivity index (χ3n) is 4.57. The van der Waals surface area contributed by atoms with Crippen LogP contribution in [0.3, 0.4) is 0 Å². The van der Waals surface area contributed by atoms with Gasteiger partial charge in [-0.15, -0.1) is 11.3 Å². The van der Waals surface area contributed by atoms with Crippen LogP contribution in [0, 0.1) is 0 Å². The van der Waals surface area contributed by atoms with Crippen molar-refractivity contribution in [1.29, 1.82) is 0 Å². The van der Waals surface area contributed by atoms with E-state index in [1.807, 2.05) is 30.3 Å².